The van der Waals surface area contributed by atoms with E-state index in [9.17, 15) is 17.8 Å². The van der Waals surface area contributed by atoms with Crippen molar-refractivity contribution in [2.45, 2.75) is 33.6 Å². The molecule has 7 nitrogen and oxygen atoms in total. The summed E-state index contributed by atoms with van der Waals surface area (Å²) in [7, 11) is -0.00772. The fourth-order valence-corrected chi connectivity index (χ4v) is 1.52. The molecule has 0 saturated carbocycles. The van der Waals surface area contributed by atoms with Crippen molar-refractivity contribution in [1.82, 2.24) is 0 Å². The number of hydrogen-bond acceptors (Lipinski definition) is 6. The fourth-order valence-electron chi connectivity index (χ4n) is 1.23. The van der Waals surface area contributed by atoms with E-state index in [0.29, 0.717) is 12.2 Å². The van der Waals surface area contributed by atoms with Crippen LogP contribution in [0, 0.1) is 0 Å². The third-order valence-corrected chi connectivity index (χ3v) is 3.38. The molecule has 0 N–H and O–H groups in total. The summed E-state index contributed by atoms with van der Waals surface area (Å²) in [6.07, 6.45) is 2.02. The van der Waals surface area contributed by atoms with Gasteiger partial charge in [-0.2, -0.15) is 0 Å². The number of esters is 1. The van der Waals surface area contributed by atoms with E-state index in [4.69, 9.17) is 4.74 Å². The van der Waals surface area contributed by atoms with Crippen LogP contribution < -0.4 is 0 Å². The lowest BCUT2D eigenvalue weighted by Crippen LogP contribution is -2.40. The normalized spacial score (nSPS) is 11.4. The largest absolute Gasteiger partial charge is 0.726 e. The third-order valence-electron chi connectivity index (χ3n) is 2.86. The zero-order valence-corrected chi connectivity index (χ0v) is 15.1. The summed E-state index contributed by atoms with van der Waals surface area (Å²) in [5.74, 6) is -0.278. The summed E-state index contributed by atoms with van der Waals surface area (Å²) in [6, 6.07) is 0. The zero-order chi connectivity index (χ0) is 17.8. The SMILES string of the molecule is C=C(C)C(=O)OCCCC[N+](C)(C)CC.CCOS(=O)(=O)[O-]. The molecular formula is C14H29NO6S. The van der Waals surface area contributed by atoms with Crippen LogP contribution in [-0.2, 0) is 24.1 Å². The van der Waals surface area contributed by atoms with Gasteiger partial charge in [0.15, 0.2) is 0 Å². The first kappa shape index (κ1) is 23.3. The number of hydrogen-bond donors (Lipinski definition) is 0. The van der Waals surface area contributed by atoms with Crippen LogP contribution in [0.15, 0.2) is 12.2 Å². The van der Waals surface area contributed by atoms with Gasteiger partial charge in [0, 0.05) is 5.57 Å². The maximum Gasteiger partial charge on any atom is 0.333 e. The second kappa shape index (κ2) is 11.6. The van der Waals surface area contributed by atoms with Crippen molar-refractivity contribution in [2.24, 2.45) is 0 Å². The fraction of sp³-hybridized carbons (Fsp3) is 0.786. The maximum atomic E-state index is 11.0. The molecule has 0 saturated heterocycles. The Morgan fingerprint density at radius 1 is 1.23 bits per heavy atom. The molecule has 0 bridgehead atoms. The molecule has 132 valence electrons. The quantitative estimate of drug-likeness (QED) is 0.158. The van der Waals surface area contributed by atoms with Gasteiger partial charge in [-0.3, -0.25) is 4.18 Å². The highest BCUT2D eigenvalue weighted by atomic mass is 32.3. The Labute approximate surface area is 134 Å². The van der Waals surface area contributed by atoms with Gasteiger partial charge in [0.25, 0.3) is 0 Å². The first-order valence-corrected chi connectivity index (χ1v) is 8.53. The van der Waals surface area contributed by atoms with Gasteiger partial charge in [0.05, 0.1) is 40.4 Å². The number of quaternary nitrogens is 1. The molecule has 22 heavy (non-hydrogen) atoms. The van der Waals surface area contributed by atoms with Gasteiger partial charge in [-0.25, -0.2) is 13.2 Å². The Morgan fingerprint density at radius 2 is 1.77 bits per heavy atom. The molecule has 0 spiro atoms. The summed E-state index contributed by atoms with van der Waals surface area (Å²) >= 11 is 0. The molecule has 8 heteroatoms. The van der Waals surface area contributed by atoms with Crippen LogP contribution in [0.5, 0.6) is 0 Å². The number of rotatable bonds is 9. The molecule has 0 unspecified atom stereocenters. The van der Waals surface area contributed by atoms with Crippen LogP contribution in [-0.4, -0.2) is 63.8 Å². The van der Waals surface area contributed by atoms with Crippen LogP contribution in [0.2, 0.25) is 0 Å². The Morgan fingerprint density at radius 3 is 2.09 bits per heavy atom. The maximum absolute atomic E-state index is 11.0. The molecular weight excluding hydrogens is 310 g/mol. The topological polar surface area (TPSA) is 92.7 Å². The van der Waals surface area contributed by atoms with Crippen LogP contribution in [0.4, 0.5) is 0 Å². The lowest BCUT2D eigenvalue weighted by Gasteiger charge is -2.28. The Hall–Kier alpha value is -0.960. The van der Waals surface area contributed by atoms with E-state index in [2.05, 4.69) is 31.8 Å². The van der Waals surface area contributed by atoms with E-state index in [1.54, 1.807) is 6.92 Å². The highest BCUT2D eigenvalue weighted by Gasteiger charge is 2.10. The summed E-state index contributed by atoms with van der Waals surface area (Å²) in [5, 5.41) is 0. The minimum Gasteiger partial charge on any atom is -0.726 e. The molecule has 0 aromatic rings. The van der Waals surface area contributed by atoms with Crippen LogP contribution in [0.1, 0.15) is 33.6 Å². The van der Waals surface area contributed by atoms with Crippen LogP contribution in [0.3, 0.4) is 0 Å². The van der Waals surface area contributed by atoms with Gasteiger partial charge in [-0.15, -0.1) is 0 Å². The number of unbranched alkanes of at least 4 members (excludes halogenated alkanes) is 1. The second-order valence-electron chi connectivity index (χ2n) is 5.41. The van der Waals surface area contributed by atoms with Crippen molar-refractivity contribution in [3.05, 3.63) is 12.2 Å². The molecule has 0 fully saturated rings. The minimum atomic E-state index is -4.42. The minimum absolute atomic E-state index is 0.0914. The first-order valence-electron chi connectivity index (χ1n) is 7.20. The highest BCUT2D eigenvalue weighted by Crippen LogP contribution is 2.02. The summed E-state index contributed by atoms with van der Waals surface area (Å²) < 4.78 is 38.0. The third kappa shape index (κ3) is 17.1. The van der Waals surface area contributed by atoms with Crippen LogP contribution in [0.25, 0.3) is 0 Å². The van der Waals surface area contributed by atoms with Crippen molar-refractivity contribution < 1.29 is 31.2 Å². The van der Waals surface area contributed by atoms with Crippen molar-refractivity contribution >= 4 is 16.4 Å². The molecule has 0 atom stereocenters. The monoisotopic (exact) mass is 339 g/mol. The van der Waals surface area contributed by atoms with Gasteiger partial charge in [-0.05, 0) is 33.6 Å². The molecule has 0 aliphatic rings. The Kier molecular flexibility index (Phi) is 12.3. The molecule has 0 aliphatic carbocycles. The lowest BCUT2D eigenvalue weighted by atomic mass is 10.3. The molecule has 0 heterocycles. The van der Waals surface area contributed by atoms with E-state index in [1.807, 2.05) is 0 Å². The standard InChI is InChI=1S/C12H24NO2.C2H6O4S/c1-6-13(4,5)9-7-8-10-15-12(14)11(2)3;1-2-6-7(3,4)5/h2,6-10H2,1,3-5H3;2H2,1H3,(H,3,4,5)/q+1;/p-1. The zero-order valence-electron chi connectivity index (χ0n) is 14.3. The predicted octanol–water partition coefficient (Wildman–Crippen LogP) is 1.47. The van der Waals surface area contributed by atoms with Gasteiger partial charge < -0.3 is 13.8 Å². The average Bonchev–Trinajstić information content (AvgIpc) is 2.37. The van der Waals surface area contributed by atoms with Crippen molar-refractivity contribution in [3.63, 3.8) is 0 Å². The van der Waals surface area contributed by atoms with E-state index in [1.165, 1.54) is 6.92 Å². The van der Waals surface area contributed by atoms with Crippen molar-refractivity contribution in [2.75, 3.05) is 40.4 Å². The molecule has 0 aliphatic heterocycles. The van der Waals surface area contributed by atoms with Gasteiger partial charge in [-0.1, -0.05) is 6.58 Å². The molecule has 0 aromatic heterocycles. The number of nitrogens with zero attached hydrogens (tertiary/aromatic N) is 1. The van der Waals surface area contributed by atoms with Crippen molar-refractivity contribution in [3.8, 4) is 0 Å². The number of carbonyl (C=O) groups is 1. The van der Waals surface area contributed by atoms with Gasteiger partial charge >= 0.3 is 5.97 Å². The predicted molar refractivity (Wildman–Crippen MR) is 83.8 cm³/mol. The van der Waals surface area contributed by atoms with E-state index >= 15 is 0 Å². The Bertz CT molecular complexity index is 431. The van der Waals surface area contributed by atoms with E-state index in [-0.39, 0.29) is 12.6 Å². The molecule has 0 radical (unpaired) electrons. The van der Waals surface area contributed by atoms with E-state index in [0.717, 1.165) is 30.4 Å². The Balaban J connectivity index is 0. The number of carbonyl (C=O) groups excluding carboxylic acids is 1. The lowest BCUT2D eigenvalue weighted by molar-refractivity contribution is -0.888. The molecule has 0 rings (SSSR count). The second-order valence-corrected chi connectivity index (χ2v) is 6.47. The summed E-state index contributed by atoms with van der Waals surface area (Å²) in [5.41, 5.74) is 0.472. The van der Waals surface area contributed by atoms with Crippen molar-refractivity contribution in [1.29, 1.82) is 0 Å². The molecule has 0 amide bonds. The van der Waals surface area contributed by atoms with Gasteiger partial charge in [0.2, 0.25) is 10.4 Å². The average molecular weight is 339 g/mol. The van der Waals surface area contributed by atoms with Crippen LogP contribution >= 0.6 is 0 Å². The smallest absolute Gasteiger partial charge is 0.333 e. The first-order chi connectivity index (χ1) is 9.95. The van der Waals surface area contributed by atoms with E-state index < -0.39 is 10.4 Å². The summed E-state index contributed by atoms with van der Waals surface area (Å²) in [6.45, 7) is 11.5. The highest BCUT2D eigenvalue weighted by molar-refractivity contribution is 7.80. The molecule has 0 aromatic carbocycles. The number of ether oxygens (including phenoxy) is 1. The summed E-state index contributed by atoms with van der Waals surface area (Å²) in [4.78, 5) is 11.0. The van der Waals surface area contributed by atoms with Gasteiger partial charge in [0.1, 0.15) is 0 Å².